The molecule has 0 saturated heterocycles. The van der Waals surface area contributed by atoms with Crippen molar-refractivity contribution in [2.45, 2.75) is 6.54 Å². The standard InChI is InChI=1S/C26H30N2/c1-27(20-21-28(2)22-23-12-6-3-7-13-23)19-18-26(24-14-8-4-9-15-24)25-16-10-5-11-17-25/h3-18H,19-22H2,1-2H3. The van der Waals surface area contributed by atoms with Crippen LogP contribution in [0, 0.1) is 0 Å². The van der Waals surface area contributed by atoms with Crippen LogP contribution in [0.4, 0.5) is 0 Å². The fourth-order valence-electron chi connectivity index (χ4n) is 3.29. The highest BCUT2D eigenvalue weighted by molar-refractivity contribution is 5.79. The SMILES string of the molecule is CN(CC=C(c1ccccc1)c1ccccc1)CCN(C)Cc1ccccc1. The molecular formula is C26H30N2. The molecule has 144 valence electrons. The van der Waals surface area contributed by atoms with Crippen LogP contribution in [0.1, 0.15) is 16.7 Å². The fourth-order valence-corrected chi connectivity index (χ4v) is 3.29. The fraction of sp³-hybridized carbons (Fsp3) is 0.231. The lowest BCUT2D eigenvalue weighted by Crippen LogP contribution is -2.30. The van der Waals surface area contributed by atoms with Crippen molar-refractivity contribution in [1.29, 1.82) is 0 Å². The van der Waals surface area contributed by atoms with Gasteiger partial charge in [0.15, 0.2) is 0 Å². The van der Waals surface area contributed by atoms with E-state index in [0.717, 1.165) is 26.2 Å². The third kappa shape index (κ3) is 6.19. The largest absolute Gasteiger partial charge is 0.301 e. The second-order valence-corrected chi connectivity index (χ2v) is 7.34. The average Bonchev–Trinajstić information content (AvgIpc) is 2.75. The summed E-state index contributed by atoms with van der Waals surface area (Å²) < 4.78 is 0. The topological polar surface area (TPSA) is 6.48 Å². The molecule has 0 unspecified atom stereocenters. The Morgan fingerprint density at radius 1 is 0.643 bits per heavy atom. The molecule has 0 amide bonds. The van der Waals surface area contributed by atoms with Crippen LogP contribution >= 0.6 is 0 Å². The molecule has 0 aliphatic heterocycles. The molecule has 28 heavy (non-hydrogen) atoms. The van der Waals surface area contributed by atoms with Gasteiger partial charge in [-0.15, -0.1) is 0 Å². The minimum atomic E-state index is 0.929. The molecule has 0 radical (unpaired) electrons. The zero-order valence-corrected chi connectivity index (χ0v) is 17.0. The van der Waals surface area contributed by atoms with E-state index in [0.29, 0.717) is 0 Å². The van der Waals surface area contributed by atoms with Crippen molar-refractivity contribution in [3.05, 3.63) is 114 Å². The van der Waals surface area contributed by atoms with E-state index in [9.17, 15) is 0 Å². The Hall–Kier alpha value is -2.68. The monoisotopic (exact) mass is 370 g/mol. The molecule has 0 heterocycles. The molecule has 0 fully saturated rings. The first-order chi connectivity index (χ1) is 13.7. The first-order valence-electron chi connectivity index (χ1n) is 9.94. The molecule has 2 heteroatoms. The highest BCUT2D eigenvalue weighted by atomic mass is 15.2. The predicted octanol–water partition coefficient (Wildman–Crippen LogP) is 5.18. The quantitative estimate of drug-likeness (QED) is 0.512. The number of rotatable bonds is 9. The molecule has 0 saturated carbocycles. The molecule has 0 aliphatic carbocycles. The number of benzene rings is 3. The van der Waals surface area contributed by atoms with Gasteiger partial charge in [-0.05, 0) is 36.4 Å². The summed E-state index contributed by atoms with van der Waals surface area (Å²) in [6.45, 7) is 4.00. The Bertz CT molecular complexity index is 800. The van der Waals surface area contributed by atoms with Gasteiger partial charge in [0.25, 0.3) is 0 Å². The van der Waals surface area contributed by atoms with Gasteiger partial charge in [0.05, 0.1) is 0 Å². The molecule has 0 N–H and O–H groups in total. The molecule has 3 rings (SSSR count). The van der Waals surface area contributed by atoms with Crippen LogP contribution in [0.15, 0.2) is 97.1 Å². The van der Waals surface area contributed by atoms with Gasteiger partial charge in [-0.1, -0.05) is 97.1 Å². The maximum Gasteiger partial charge on any atom is 0.0231 e. The van der Waals surface area contributed by atoms with Gasteiger partial charge in [0.2, 0.25) is 0 Å². The Balaban J connectivity index is 1.59. The minimum Gasteiger partial charge on any atom is -0.301 e. The van der Waals surface area contributed by atoms with Crippen LogP contribution in [-0.2, 0) is 6.54 Å². The van der Waals surface area contributed by atoms with E-state index >= 15 is 0 Å². The van der Waals surface area contributed by atoms with E-state index in [1.807, 2.05) is 0 Å². The van der Waals surface area contributed by atoms with Gasteiger partial charge in [-0.3, -0.25) is 0 Å². The first kappa shape index (κ1) is 20.1. The Kier molecular flexibility index (Phi) is 7.60. The maximum absolute atomic E-state index is 2.38. The second-order valence-electron chi connectivity index (χ2n) is 7.34. The number of hydrogen-bond acceptors (Lipinski definition) is 2. The predicted molar refractivity (Wildman–Crippen MR) is 120 cm³/mol. The van der Waals surface area contributed by atoms with Crippen molar-refractivity contribution in [1.82, 2.24) is 9.80 Å². The van der Waals surface area contributed by atoms with Crippen LogP contribution in [0.25, 0.3) is 5.57 Å². The zero-order chi connectivity index (χ0) is 19.6. The van der Waals surface area contributed by atoms with Gasteiger partial charge < -0.3 is 9.80 Å². The summed E-state index contributed by atoms with van der Waals surface area (Å²) in [4.78, 5) is 4.76. The smallest absolute Gasteiger partial charge is 0.0231 e. The molecule has 0 atom stereocenters. The van der Waals surface area contributed by atoms with Crippen molar-refractivity contribution < 1.29 is 0 Å². The Morgan fingerprint density at radius 3 is 1.64 bits per heavy atom. The van der Waals surface area contributed by atoms with Crippen molar-refractivity contribution in [2.75, 3.05) is 33.7 Å². The van der Waals surface area contributed by atoms with Crippen molar-refractivity contribution in [3.63, 3.8) is 0 Å². The van der Waals surface area contributed by atoms with Gasteiger partial charge in [-0.2, -0.15) is 0 Å². The minimum absolute atomic E-state index is 0.929. The molecule has 3 aromatic rings. The lowest BCUT2D eigenvalue weighted by molar-refractivity contribution is 0.264. The van der Waals surface area contributed by atoms with Crippen LogP contribution in [0.3, 0.4) is 0 Å². The van der Waals surface area contributed by atoms with Gasteiger partial charge >= 0.3 is 0 Å². The van der Waals surface area contributed by atoms with E-state index in [2.05, 4.69) is 121 Å². The summed E-state index contributed by atoms with van der Waals surface area (Å²) in [5.74, 6) is 0. The number of likely N-dealkylation sites (N-methyl/N-ethyl adjacent to an activating group) is 2. The molecule has 0 bridgehead atoms. The van der Waals surface area contributed by atoms with E-state index < -0.39 is 0 Å². The number of hydrogen-bond donors (Lipinski definition) is 0. The molecule has 0 aromatic heterocycles. The van der Waals surface area contributed by atoms with E-state index in [-0.39, 0.29) is 0 Å². The second kappa shape index (κ2) is 10.6. The van der Waals surface area contributed by atoms with Crippen molar-refractivity contribution in [3.8, 4) is 0 Å². The van der Waals surface area contributed by atoms with Crippen LogP contribution < -0.4 is 0 Å². The summed E-state index contributed by atoms with van der Waals surface area (Å²) in [5.41, 5.74) is 5.19. The van der Waals surface area contributed by atoms with Gasteiger partial charge in [0.1, 0.15) is 0 Å². The van der Waals surface area contributed by atoms with E-state index in [1.54, 1.807) is 0 Å². The third-order valence-electron chi connectivity index (χ3n) is 4.94. The normalized spacial score (nSPS) is 11.0. The van der Waals surface area contributed by atoms with Crippen LogP contribution in [0.5, 0.6) is 0 Å². The average molecular weight is 371 g/mol. The van der Waals surface area contributed by atoms with E-state index in [4.69, 9.17) is 0 Å². The molecule has 3 aromatic carbocycles. The summed E-state index contributed by atoms with van der Waals surface area (Å²) >= 11 is 0. The Labute approximate surface area is 169 Å². The third-order valence-corrected chi connectivity index (χ3v) is 4.94. The molecular weight excluding hydrogens is 340 g/mol. The lowest BCUT2D eigenvalue weighted by Gasteiger charge is -2.21. The van der Waals surface area contributed by atoms with Gasteiger partial charge in [0, 0.05) is 26.2 Å². The lowest BCUT2D eigenvalue weighted by atomic mass is 9.97. The summed E-state index contributed by atoms with van der Waals surface area (Å²) in [6.07, 6.45) is 2.35. The molecule has 0 spiro atoms. The van der Waals surface area contributed by atoms with Crippen LogP contribution in [-0.4, -0.2) is 43.5 Å². The van der Waals surface area contributed by atoms with Crippen molar-refractivity contribution in [2.24, 2.45) is 0 Å². The summed E-state index contributed by atoms with van der Waals surface area (Å²) in [7, 11) is 4.39. The zero-order valence-electron chi connectivity index (χ0n) is 17.0. The Morgan fingerprint density at radius 2 is 1.11 bits per heavy atom. The molecule has 2 nitrogen and oxygen atoms in total. The van der Waals surface area contributed by atoms with E-state index in [1.165, 1.54) is 22.3 Å². The molecule has 0 aliphatic rings. The van der Waals surface area contributed by atoms with Crippen molar-refractivity contribution >= 4 is 5.57 Å². The van der Waals surface area contributed by atoms with Gasteiger partial charge in [-0.25, -0.2) is 0 Å². The maximum atomic E-state index is 2.38. The highest BCUT2D eigenvalue weighted by Gasteiger charge is 2.06. The first-order valence-corrected chi connectivity index (χ1v) is 9.94. The van der Waals surface area contributed by atoms with Crippen LogP contribution in [0.2, 0.25) is 0 Å². The summed E-state index contributed by atoms with van der Waals surface area (Å²) in [5, 5.41) is 0. The summed E-state index contributed by atoms with van der Waals surface area (Å²) in [6, 6.07) is 32.0. The highest BCUT2D eigenvalue weighted by Crippen LogP contribution is 2.23. The number of nitrogens with zero attached hydrogens (tertiary/aromatic N) is 2.